The van der Waals surface area contributed by atoms with Crippen molar-refractivity contribution in [3.63, 3.8) is 0 Å². The van der Waals surface area contributed by atoms with Crippen LogP contribution < -0.4 is 10.2 Å². The molecular weight excluding hydrogens is 394 g/mol. The van der Waals surface area contributed by atoms with E-state index in [0.29, 0.717) is 16.9 Å². The lowest BCUT2D eigenvalue weighted by atomic mass is 10.1. The summed E-state index contributed by atoms with van der Waals surface area (Å²) in [5.41, 5.74) is 1.51. The number of ether oxygens (including phenoxy) is 1. The highest BCUT2D eigenvalue weighted by Crippen LogP contribution is 2.18. The fraction of sp³-hybridized carbons (Fsp3) is 0.0833. The zero-order valence-electron chi connectivity index (χ0n) is 16.7. The van der Waals surface area contributed by atoms with Gasteiger partial charge in [0.05, 0.1) is 22.4 Å². The quantitative estimate of drug-likeness (QED) is 0.622. The number of carbonyl (C=O) groups is 3. The Hall–Kier alpha value is -4.44. The van der Waals surface area contributed by atoms with Gasteiger partial charge in [0.25, 0.3) is 11.8 Å². The van der Waals surface area contributed by atoms with E-state index in [1.165, 1.54) is 17.0 Å². The molecule has 0 radical (unpaired) electrons. The van der Waals surface area contributed by atoms with Crippen molar-refractivity contribution in [3.05, 3.63) is 95.6 Å². The number of nitrogens with zero attached hydrogens (tertiary/aromatic N) is 2. The fourth-order valence-corrected chi connectivity index (χ4v) is 2.88. The molecule has 0 aliphatic rings. The Morgan fingerprint density at radius 2 is 1.52 bits per heavy atom. The van der Waals surface area contributed by atoms with Crippen molar-refractivity contribution in [2.75, 3.05) is 23.9 Å². The van der Waals surface area contributed by atoms with Gasteiger partial charge in [-0.1, -0.05) is 42.5 Å². The largest absolute Gasteiger partial charge is 0.452 e. The first-order valence-corrected chi connectivity index (χ1v) is 9.39. The van der Waals surface area contributed by atoms with E-state index < -0.39 is 18.5 Å². The molecule has 0 unspecified atom stereocenters. The van der Waals surface area contributed by atoms with Crippen LogP contribution in [0.1, 0.15) is 26.3 Å². The molecule has 3 aromatic carbocycles. The number of hydrogen-bond donors (Lipinski definition) is 1. The molecule has 3 rings (SSSR count). The van der Waals surface area contributed by atoms with Crippen LogP contribution in [0.15, 0.2) is 78.9 Å². The zero-order valence-corrected chi connectivity index (χ0v) is 16.7. The number of para-hydroxylation sites is 2. The summed E-state index contributed by atoms with van der Waals surface area (Å²) < 4.78 is 5.11. The molecule has 0 aliphatic heterocycles. The summed E-state index contributed by atoms with van der Waals surface area (Å²) in [4.78, 5) is 39.1. The number of carbonyl (C=O) groups excluding carboxylic acids is 3. The van der Waals surface area contributed by atoms with Crippen molar-refractivity contribution < 1.29 is 19.1 Å². The van der Waals surface area contributed by atoms with Crippen LogP contribution >= 0.6 is 0 Å². The van der Waals surface area contributed by atoms with Gasteiger partial charge in [0, 0.05) is 12.7 Å². The summed E-state index contributed by atoms with van der Waals surface area (Å²) in [5.74, 6) is -1.78. The fourth-order valence-electron chi connectivity index (χ4n) is 2.88. The number of hydrogen-bond acceptors (Lipinski definition) is 5. The monoisotopic (exact) mass is 413 g/mol. The minimum Gasteiger partial charge on any atom is -0.452 e. The van der Waals surface area contributed by atoms with Gasteiger partial charge in [-0.3, -0.25) is 9.59 Å². The molecule has 3 aromatic rings. The zero-order chi connectivity index (χ0) is 22.2. The molecule has 0 saturated heterocycles. The third kappa shape index (κ3) is 5.14. The van der Waals surface area contributed by atoms with Gasteiger partial charge in [-0.15, -0.1) is 0 Å². The topological polar surface area (TPSA) is 99.5 Å². The van der Waals surface area contributed by atoms with Crippen molar-refractivity contribution in [3.8, 4) is 6.07 Å². The molecule has 0 fully saturated rings. The van der Waals surface area contributed by atoms with E-state index in [-0.39, 0.29) is 17.0 Å². The Morgan fingerprint density at radius 3 is 2.23 bits per heavy atom. The molecular formula is C24H19N3O4. The van der Waals surface area contributed by atoms with Crippen molar-refractivity contribution in [1.82, 2.24) is 0 Å². The van der Waals surface area contributed by atoms with Gasteiger partial charge in [0.1, 0.15) is 6.07 Å². The predicted octanol–water partition coefficient (Wildman–Crippen LogP) is 3.63. The Labute approximate surface area is 179 Å². The van der Waals surface area contributed by atoms with Crippen LogP contribution in [0.25, 0.3) is 0 Å². The molecule has 0 atom stereocenters. The molecule has 0 heterocycles. The molecule has 0 aliphatic carbocycles. The lowest BCUT2D eigenvalue weighted by Gasteiger charge is -2.18. The summed E-state index contributed by atoms with van der Waals surface area (Å²) >= 11 is 0. The highest BCUT2D eigenvalue weighted by molar-refractivity contribution is 6.12. The second kappa shape index (κ2) is 9.85. The maximum Gasteiger partial charge on any atom is 0.339 e. The van der Waals surface area contributed by atoms with E-state index in [9.17, 15) is 14.4 Å². The first-order chi connectivity index (χ1) is 15.0. The number of benzene rings is 3. The van der Waals surface area contributed by atoms with Gasteiger partial charge in [-0.25, -0.2) is 4.79 Å². The Balaban J connectivity index is 1.69. The summed E-state index contributed by atoms with van der Waals surface area (Å²) in [6.45, 7) is -0.560. The summed E-state index contributed by atoms with van der Waals surface area (Å²) in [6.07, 6.45) is 0. The number of esters is 1. The second-order valence-corrected chi connectivity index (χ2v) is 6.53. The molecule has 31 heavy (non-hydrogen) atoms. The highest BCUT2D eigenvalue weighted by atomic mass is 16.5. The van der Waals surface area contributed by atoms with E-state index in [1.54, 1.807) is 55.6 Å². The average Bonchev–Trinajstić information content (AvgIpc) is 2.82. The van der Waals surface area contributed by atoms with E-state index >= 15 is 0 Å². The molecule has 154 valence electrons. The second-order valence-electron chi connectivity index (χ2n) is 6.53. The average molecular weight is 413 g/mol. The van der Waals surface area contributed by atoms with Crippen molar-refractivity contribution in [2.24, 2.45) is 0 Å². The number of nitrogens with one attached hydrogen (secondary N) is 1. The Kier molecular flexibility index (Phi) is 6.76. The van der Waals surface area contributed by atoms with E-state index in [0.717, 1.165) is 0 Å². The molecule has 0 saturated carbocycles. The molecule has 1 N–H and O–H groups in total. The van der Waals surface area contributed by atoms with Crippen LogP contribution in [0.4, 0.5) is 11.4 Å². The van der Waals surface area contributed by atoms with Crippen LogP contribution in [-0.2, 0) is 9.53 Å². The van der Waals surface area contributed by atoms with Gasteiger partial charge in [0.2, 0.25) is 0 Å². The standard InChI is InChI=1S/C24H19N3O4/c1-27(18-10-3-2-4-11-18)23(29)19-12-6-7-13-20(19)24(30)31-16-22(28)26-21-14-8-5-9-17(21)15-25/h2-14H,16H2,1H3,(H,26,28). The first kappa shape index (κ1) is 21.3. The number of amides is 2. The van der Waals surface area contributed by atoms with Gasteiger partial charge >= 0.3 is 5.97 Å². The third-order valence-corrected chi connectivity index (χ3v) is 4.48. The molecule has 0 aromatic heterocycles. The molecule has 7 heteroatoms. The van der Waals surface area contributed by atoms with Crippen LogP contribution in [0.3, 0.4) is 0 Å². The molecule has 0 spiro atoms. The SMILES string of the molecule is CN(C(=O)c1ccccc1C(=O)OCC(=O)Nc1ccccc1C#N)c1ccccc1. The van der Waals surface area contributed by atoms with Gasteiger partial charge in [-0.2, -0.15) is 5.26 Å². The molecule has 0 bridgehead atoms. The van der Waals surface area contributed by atoms with E-state index in [4.69, 9.17) is 10.00 Å². The van der Waals surface area contributed by atoms with Gasteiger partial charge in [0.15, 0.2) is 6.61 Å². The van der Waals surface area contributed by atoms with Crippen LogP contribution in [0.5, 0.6) is 0 Å². The maximum absolute atomic E-state index is 12.9. The van der Waals surface area contributed by atoms with Crippen LogP contribution in [-0.4, -0.2) is 31.4 Å². The van der Waals surface area contributed by atoms with Crippen molar-refractivity contribution >= 4 is 29.2 Å². The minimum absolute atomic E-state index is 0.0560. The van der Waals surface area contributed by atoms with Gasteiger partial charge < -0.3 is 15.0 Å². The number of nitriles is 1. The van der Waals surface area contributed by atoms with Crippen LogP contribution in [0.2, 0.25) is 0 Å². The molecule has 7 nitrogen and oxygen atoms in total. The normalized spacial score (nSPS) is 9.94. The number of rotatable bonds is 6. The van der Waals surface area contributed by atoms with E-state index in [1.807, 2.05) is 24.3 Å². The van der Waals surface area contributed by atoms with Crippen molar-refractivity contribution in [2.45, 2.75) is 0 Å². The lowest BCUT2D eigenvalue weighted by molar-refractivity contribution is -0.119. The Morgan fingerprint density at radius 1 is 0.903 bits per heavy atom. The third-order valence-electron chi connectivity index (χ3n) is 4.48. The van der Waals surface area contributed by atoms with Crippen LogP contribution in [0, 0.1) is 11.3 Å². The lowest BCUT2D eigenvalue weighted by Crippen LogP contribution is -2.28. The maximum atomic E-state index is 12.9. The minimum atomic E-state index is -0.797. The van der Waals surface area contributed by atoms with Crippen molar-refractivity contribution in [1.29, 1.82) is 5.26 Å². The summed E-state index contributed by atoms with van der Waals surface area (Å²) in [5, 5.41) is 11.6. The Bertz CT molecular complexity index is 1150. The molecule has 2 amide bonds. The van der Waals surface area contributed by atoms with Gasteiger partial charge in [-0.05, 0) is 36.4 Å². The number of anilines is 2. The highest BCUT2D eigenvalue weighted by Gasteiger charge is 2.22. The summed E-state index contributed by atoms with van der Waals surface area (Å²) in [7, 11) is 1.61. The first-order valence-electron chi connectivity index (χ1n) is 9.39. The summed E-state index contributed by atoms with van der Waals surface area (Å²) in [6, 6.07) is 23.7. The van der Waals surface area contributed by atoms with E-state index in [2.05, 4.69) is 5.32 Å². The predicted molar refractivity (Wildman–Crippen MR) is 116 cm³/mol. The smallest absolute Gasteiger partial charge is 0.339 e.